The normalized spacial score (nSPS) is 25.5. The number of phenolic OH excluding ortho intramolecular Hbond substituents is 1. The van der Waals surface area contributed by atoms with Crippen LogP contribution in [0, 0.1) is 0 Å². The van der Waals surface area contributed by atoms with Crippen LogP contribution in [0.25, 0.3) is 0 Å². The topological polar surface area (TPSA) is 32.3 Å². The van der Waals surface area contributed by atoms with E-state index in [0.717, 1.165) is 31.4 Å². The van der Waals surface area contributed by atoms with Crippen molar-refractivity contribution >= 4 is 0 Å². The van der Waals surface area contributed by atoms with Gasteiger partial charge in [0.05, 0.1) is 0 Å². The minimum absolute atomic E-state index is 0.00338. The molecule has 1 aromatic rings. The van der Waals surface area contributed by atoms with E-state index in [1.165, 1.54) is 19.3 Å². The smallest absolute Gasteiger partial charge is 0.120 e. The molecule has 1 atom stereocenters. The lowest BCUT2D eigenvalue weighted by Crippen LogP contribution is -2.41. The van der Waals surface area contributed by atoms with Crippen molar-refractivity contribution in [2.45, 2.75) is 51.0 Å². The summed E-state index contributed by atoms with van der Waals surface area (Å²) in [5, 5.41) is 13.8. The number of hydrogen-bond donors (Lipinski definition) is 2. The predicted molar refractivity (Wildman–Crippen MR) is 71.2 cm³/mol. The van der Waals surface area contributed by atoms with Crippen molar-refractivity contribution in [2.24, 2.45) is 0 Å². The summed E-state index contributed by atoms with van der Waals surface area (Å²) in [6.07, 6.45) is 7.18. The standard InChI is InChI=1S/C15H23NO/c1-2-10-15(11-6-3-7-12-16-15)13-8-4-5-9-14(13)17/h4-5,8-9,16-17H,2-3,6-7,10-12H2,1H3. The number of nitrogens with one attached hydrogen (secondary N) is 1. The Morgan fingerprint density at radius 3 is 2.82 bits per heavy atom. The number of para-hydroxylation sites is 1. The molecule has 0 aromatic heterocycles. The fraction of sp³-hybridized carbons (Fsp3) is 0.600. The molecule has 1 unspecified atom stereocenters. The summed E-state index contributed by atoms with van der Waals surface area (Å²) in [6, 6.07) is 7.80. The van der Waals surface area contributed by atoms with E-state index >= 15 is 0 Å². The zero-order valence-electron chi connectivity index (χ0n) is 10.7. The molecule has 0 amide bonds. The van der Waals surface area contributed by atoms with Crippen molar-refractivity contribution in [3.05, 3.63) is 29.8 Å². The summed E-state index contributed by atoms with van der Waals surface area (Å²) in [5.74, 6) is 0.440. The second-order valence-electron chi connectivity index (χ2n) is 5.09. The fourth-order valence-corrected chi connectivity index (χ4v) is 3.03. The molecule has 0 bridgehead atoms. The van der Waals surface area contributed by atoms with Gasteiger partial charge in [-0.15, -0.1) is 0 Å². The Kier molecular flexibility index (Phi) is 4.06. The van der Waals surface area contributed by atoms with Crippen molar-refractivity contribution < 1.29 is 5.11 Å². The van der Waals surface area contributed by atoms with E-state index in [4.69, 9.17) is 0 Å². The van der Waals surface area contributed by atoms with Crippen LogP contribution in [0.5, 0.6) is 5.75 Å². The highest BCUT2D eigenvalue weighted by Gasteiger charge is 2.33. The summed E-state index contributed by atoms with van der Waals surface area (Å²) in [4.78, 5) is 0. The van der Waals surface area contributed by atoms with Crippen LogP contribution >= 0.6 is 0 Å². The highest BCUT2D eigenvalue weighted by Crippen LogP contribution is 2.38. The minimum atomic E-state index is -0.00338. The maximum absolute atomic E-state index is 10.1. The molecular formula is C15H23NO. The Labute approximate surface area is 104 Å². The number of aromatic hydroxyl groups is 1. The van der Waals surface area contributed by atoms with Crippen LogP contribution in [-0.2, 0) is 5.54 Å². The average molecular weight is 233 g/mol. The molecule has 2 nitrogen and oxygen atoms in total. The number of hydrogen-bond acceptors (Lipinski definition) is 2. The molecule has 17 heavy (non-hydrogen) atoms. The Balaban J connectivity index is 2.35. The molecule has 2 heteroatoms. The van der Waals surface area contributed by atoms with Gasteiger partial charge in [-0.05, 0) is 31.9 Å². The zero-order chi connectivity index (χ0) is 12.1. The highest BCUT2D eigenvalue weighted by molar-refractivity contribution is 5.38. The lowest BCUT2D eigenvalue weighted by molar-refractivity contribution is 0.286. The maximum Gasteiger partial charge on any atom is 0.120 e. The van der Waals surface area contributed by atoms with Crippen LogP contribution in [0.1, 0.15) is 51.0 Å². The number of rotatable bonds is 3. The fourth-order valence-electron chi connectivity index (χ4n) is 3.03. The van der Waals surface area contributed by atoms with Crippen LogP contribution in [-0.4, -0.2) is 11.7 Å². The Morgan fingerprint density at radius 2 is 2.06 bits per heavy atom. The molecule has 1 aliphatic heterocycles. The molecule has 0 spiro atoms. The van der Waals surface area contributed by atoms with Gasteiger partial charge in [0.15, 0.2) is 0 Å². The molecule has 1 aliphatic rings. The first-order valence-electron chi connectivity index (χ1n) is 6.82. The van der Waals surface area contributed by atoms with Crippen molar-refractivity contribution in [2.75, 3.05) is 6.54 Å². The van der Waals surface area contributed by atoms with E-state index in [-0.39, 0.29) is 5.54 Å². The molecule has 1 saturated heterocycles. The third kappa shape index (κ3) is 2.63. The number of phenols is 1. The molecule has 2 rings (SSSR count). The first-order valence-corrected chi connectivity index (χ1v) is 6.82. The van der Waals surface area contributed by atoms with Gasteiger partial charge in [-0.3, -0.25) is 0 Å². The predicted octanol–water partition coefficient (Wildman–Crippen LogP) is 3.55. The van der Waals surface area contributed by atoms with Crippen molar-refractivity contribution in [1.29, 1.82) is 0 Å². The van der Waals surface area contributed by atoms with Crippen molar-refractivity contribution in [3.63, 3.8) is 0 Å². The van der Waals surface area contributed by atoms with Gasteiger partial charge in [0.1, 0.15) is 5.75 Å². The molecule has 1 fully saturated rings. The first-order chi connectivity index (χ1) is 8.28. The monoisotopic (exact) mass is 233 g/mol. The van der Waals surface area contributed by atoms with Gasteiger partial charge in [-0.1, -0.05) is 44.4 Å². The van der Waals surface area contributed by atoms with E-state index in [2.05, 4.69) is 18.3 Å². The SMILES string of the molecule is CCCC1(c2ccccc2O)CCCCCN1. The molecule has 94 valence electrons. The summed E-state index contributed by atoms with van der Waals surface area (Å²) in [5.41, 5.74) is 1.08. The Hall–Kier alpha value is -1.02. The molecule has 0 radical (unpaired) electrons. The second-order valence-corrected chi connectivity index (χ2v) is 5.09. The lowest BCUT2D eigenvalue weighted by atomic mass is 9.81. The van der Waals surface area contributed by atoms with Gasteiger partial charge >= 0.3 is 0 Å². The average Bonchev–Trinajstić information content (AvgIpc) is 2.57. The van der Waals surface area contributed by atoms with E-state index in [1.807, 2.05) is 12.1 Å². The highest BCUT2D eigenvalue weighted by atomic mass is 16.3. The van der Waals surface area contributed by atoms with E-state index in [0.29, 0.717) is 5.75 Å². The van der Waals surface area contributed by atoms with E-state index in [9.17, 15) is 5.11 Å². The largest absolute Gasteiger partial charge is 0.508 e. The van der Waals surface area contributed by atoms with Gasteiger partial charge < -0.3 is 10.4 Å². The summed E-state index contributed by atoms with van der Waals surface area (Å²) in [7, 11) is 0. The maximum atomic E-state index is 10.1. The van der Waals surface area contributed by atoms with Crippen LogP contribution < -0.4 is 5.32 Å². The Bertz CT molecular complexity index is 354. The second kappa shape index (κ2) is 5.54. The first kappa shape index (κ1) is 12.4. The quantitative estimate of drug-likeness (QED) is 0.836. The molecular weight excluding hydrogens is 210 g/mol. The van der Waals surface area contributed by atoms with E-state index in [1.54, 1.807) is 6.07 Å². The third-order valence-electron chi connectivity index (χ3n) is 3.84. The molecule has 2 N–H and O–H groups in total. The molecule has 1 heterocycles. The summed E-state index contributed by atoms with van der Waals surface area (Å²) in [6.45, 7) is 3.28. The van der Waals surface area contributed by atoms with Crippen LogP contribution in [0.15, 0.2) is 24.3 Å². The Morgan fingerprint density at radius 1 is 1.24 bits per heavy atom. The van der Waals surface area contributed by atoms with Gasteiger partial charge in [0.25, 0.3) is 0 Å². The molecule has 1 aromatic carbocycles. The van der Waals surface area contributed by atoms with Crippen molar-refractivity contribution in [1.82, 2.24) is 5.32 Å². The molecule has 0 aliphatic carbocycles. The summed E-state index contributed by atoms with van der Waals surface area (Å²) < 4.78 is 0. The minimum Gasteiger partial charge on any atom is -0.508 e. The third-order valence-corrected chi connectivity index (χ3v) is 3.84. The van der Waals surface area contributed by atoms with Crippen LogP contribution in [0.3, 0.4) is 0 Å². The van der Waals surface area contributed by atoms with Crippen LogP contribution in [0.4, 0.5) is 0 Å². The lowest BCUT2D eigenvalue weighted by Gasteiger charge is -2.35. The number of benzene rings is 1. The van der Waals surface area contributed by atoms with Crippen molar-refractivity contribution in [3.8, 4) is 5.75 Å². The molecule has 0 saturated carbocycles. The zero-order valence-corrected chi connectivity index (χ0v) is 10.7. The summed E-state index contributed by atoms with van der Waals surface area (Å²) >= 11 is 0. The van der Waals surface area contributed by atoms with Gasteiger partial charge in [0, 0.05) is 11.1 Å². The van der Waals surface area contributed by atoms with Gasteiger partial charge in [-0.2, -0.15) is 0 Å². The van der Waals surface area contributed by atoms with Gasteiger partial charge in [-0.25, -0.2) is 0 Å². The van der Waals surface area contributed by atoms with Gasteiger partial charge in [0.2, 0.25) is 0 Å². The van der Waals surface area contributed by atoms with Crippen LogP contribution in [0.2, 0.25) is 0 Å². The van der Waals surface area contributed by atoms with E-state index < -0.39 is 0 Å².